The fourth-order valence-corrected chi connectivity index (χ4v) is 3.58. The van der Waals surface area contributed by atoms with Gasteiger partial charge in [0.25, 0.3) is 5.56 Å². The highest BCUT2D eigenvalue weighted by Crippen LogP contribution is 2.36. The van der Waals surface area contributed by atoms with Crippen molar-refractivity contribution in [2.75, 3.05) is 13.2 Å². The van der Waals surface area contributed by atoms with Crippen molar-refractivity contribution in [3.8, 4) is 35.2 Å². The third kappa shape index (κ3) is 4.74. The van der Waals surface area contributed by atoms with Gasteiger partial charge < -0.3 is 9.47 Å². The average Bonchev–Trinajstić information content (AvgIpc) is 2.83. The molecule has 0 bridgehead atoms. The lowest BCUT2D eigenvalue weighted by Gasteiger charge is -2.13. The number of benzene rings is 3. The molecule has 0 fully saturated rings. The number of ether oxygens (including phenoxy) is 2. The summed E-state index contributed by atoms with van der Waals surface area (Å²) in [4.78, 5) is 18.0. The Hall–Kier alpha value is -4.08. The maximum atomic E-state index is 13.3. The van der Waals surface area contributed by atoms with Gasteiger partial charge in [-0.05, 0) is 36.8 Å². The number of nitrogens with zero attached hydrogens (tertiary/aromatic N) is 3. The normalized spacial score (nSPS) is 10.9. The molecule has 0 saturated carbocycles. The number of fused-ring (bicyclic) bond motifs is 1. The lowest BCUT2D eigenvalue weighted by atomic mass is 10.2. The second-order valence-corrected chi connectivity index (χ2v) is 7.34. The van der Waals surface area contributed by atoms with E-state index in [4.69, 9.17) is 32.5 Å². The number of halogens is 1. The van der Waals surface area contributed by atoms with Crippen molar-refractivity contribution in [2.24, 2.45) is 5.10 Å². The molecule has 0 unspecified atom stereocenters. The predicted octanol–water partition coefficient (Wildman–Crippen LogP) is 5.01. The zero-order valence-electron chi connectivity index (χ0n) is 17.9. The molecule has 1 aromatic heterocycles. The van der Waals surface area contributed by atoms with Crippen LogP contribution in [0.15, 0.2) is 76.6 Å². The monoisotopic (exact) mass is 457 g/mol. The molecule has 33 heavy (non-hydrogen) atoms. The summed E-state index contributed by atoms with van der Waals surface area (Å²) < 4.78 is 12.5. The minimum atomic E-state index is -0.277. The third-order valence-electron chi connectivity index (χ3n) is 4.74. The zero-order chi connectivity index (χ0) is 23.2. The number of terminal acetylenes is 1. The summed E-state index contributed by atoms with van der Waals surface area (Å²) in [6.45, 7) is 2.33. The zero-order valence-corrected chi connectivity index (χ0v) is 18.6. The second-order valence-electron chi connectivity index (χ2n) is 6.94. The summed E-state index contributed by atoms with van der Waals surface area (Å²) in [7, 11) is 0. The first-order valence-corrected chi connectivity index (χ1v) is 10.6. The van der Waals surface area contributed by atoms with Gasteiger partial charge in [0.2, 0.25) is 0 Å². The van der Waals surface area contributed by atoms with Crippen LogP contribution in [0.1, 0.15) is 12.5 Å². The molecule has 0 spiro atoms. The largest absolute Gasteiger partial charge is 0.490 e. The molecule has 1 heterocycles. The van der Waals surface area contributed by atoms with E-state index in [1.165, 1.54) is 10.9 Å². The molecule has 0 aliphatic carbocycles. The summed E-state index contributed by atoms with van der Waals surface area (Å²) in [5.41, 5.74) is 1.71. The summed E-state index contributed by atoms with van der Waals surface area (Å²) in [5, 5.41) is 5.26. The quantitative estimate of drug-likeness (QED) is 0.289. The van der Waals surface area contributed by atoms with Gasteiger partial charge in [-0.3, -0.25) is 4.79 Å². The maximum absolute atomic E-state index is 13.3. The van der Waals surface area contributed by atoms with Crippen molar-refractivity contribution in [1.29, 1.82) is 0 Å². The Morgan fingerprint density at radius 3 is 2.64 bits per heavy atom. The molecule has 0 aliphatic heterocycles. The van der Waals surface area contributed by atoms with Gasteiger partial charge >= 0.3 is 0 Å². The van der Waals surface area contributed by atoms with E-state index >= 15 is 0 Å². The van der Waals surface area contributed by atoms with E-state index in [0.29, 0.717) is 45.4 Å². The van der Waals surface area contributed by atoms with Gasteiger partial charge in [-0.2, -0.15) is 9.78 Å². The van der Waals surface area contributed by atoms with E-state index in [1.54, 1.807) is 30.3 Å². The number of aromatic nitrogens is 2. The highest BCUT2D eigenvalue weighted by atomic mass is 35.5. The molecule has 0 amide bonds. The van der Waals surface area contributed by atoms with Crippen LogP contribution >= 0.6 is 11.6 Å². The summed E-state index contributed by atoms with van der Waals surface area (Å²) in [6, 6.07) is 20.0. The fourth-order valence-electron chi connectivity index (χ4n) is 3.31. The molecule has 4 rings (SSSR count). The van der Waals surface area contributed by atoms with E-state index in [0.717, 1.165) is 5.56 Å². The molecule has 4 aromatic rings. The van der Waals surface area contributed by atoms with Crippen LogP contribution in [0.25, 0.3) is 22.3 Å². The van der Waals surface area contributed by atoms with Gasteiger partial charge in [-0.15, -0.1) is 6.42 Å². The van der Waals surface area contributed by atoms with Crippen molar-refractivity contribution in [2.45, 2.75) is 6.92 Å². The van der Waals surface area contributed by atoms with Crippen molar-refractivity contribution >= 4 is 28.7 Å². The highest BCUT2D eigenvalue weighted by molar-refractivity contribution is 6.32. The van der Waals surface area contributed by atoms with Crippen LogP contribution in [0.3, 0.4) is 0 Å². The van der Waals surface area contributed by atoms with Crippen molar-refractivity contribution in [1.82, 2.24) is 9.66 Å². The first-order valence-electron chi connectivity index (χ1n) is 10.3. The van der Waals surface area contributed by atoms with E-state index in [1.807, 2.05) is 43.3 Å². The molecule has 164 valence electrons. The van der Waals surface area contributed by atoms with Gasteiger partial charge in [-0.1, -0.05) is 60.0 Å². The molecule has 0 saturated heterocycles. The first kappa shape index (κ1) is 22.1. The van der Waals surface area contributed by atoms with Gasteiger partial charge in [0.1, 0.15) is 6.61 Å². The van der Waals surface area contributed by atoms with Crippen LogP contribution in [0.5, 0.6) is 11.5 Å². The lowest BCUT2D eigenvalue weighted by Crippen LogP contribution is -2.20. The number of rotatable bonds is 7. The SMILES string of the molecule is C#CCOc1c(Cl)cc(C=Nn2c(-c3ccccc3)nc3ccccc3c2=O)cc1OCC. The van der Waals surface area contributed by atoms with Crippen molar-refractivity contribution in [3.05, 3.63) is 87.7 Å². The predicted molar refractivity (Wildman–Crippen MR) is 131 cm³/mol. The fraction of sp³-hybridized carbons (Fsp3) is 0.115. The standard InChI is InChI=1S/C26H20ClN3O3/c1-3-14-33-24-21(27)15-18(16-23(24)32-4-2)17-28-30-25(19-10-6-5-7-11-19)29-22-13-9-8-12-20(22)26(30)31/h1,5-13,15-17H,4,14H2,2H3. The second kappa shape index (κ2) is 10.0. The number of hydrogen-bond acceptors (Lipinski definition) is 5. The van der Waals surface area contributed by atoms with Gasteiger partial charge in [-0.25, -0.2) is 4.98 Å². The molecule has 0 aliphatic rings. The molecule has 0 radical (unpaired) electrons. The third-order valence-corrected chi connectivity index (χ3v) is 5.02. The molecule has 7 heteroatoms. The summed E-state index contributed by atoms with van der Waals surface area (Å²) in [6.07, 6.45) is 6.82. The Labute approximate surface area is 196 Å². The van der Waals surface area contributed by atoms with Gasteiger partial charge in [0.05, 0.1) is 28.7 Å². The van der Waals surface area contributed by atoms with Crippen LogP contribution in [0.2, 0.25) is 5.02 Å². The molecule has 6 nitrogen and oxygen atoms in total. The molecule has 3 aromatic carbocycles. The number of hydrogen-bond donors (Lipinski definition) is 0. The van der Waals surface area contributed by atoms with E-state index in [-0.39, 0.29) is 12.2 Å². The molecule has 0 atom stereocenters. The smallest absolute Gasteiger partial charge is 0.282 e. The Morgan fingerprint density at radius 2 is 1.88 bits per heavy atom. The van der Waals surface area contributed by atoms with E-state index in [9.17, 15) is 4.79 Å². The van der Waals surface area contributed by atoms with Crippen LogP contribution in [0, 0.1) is 12.3 Å². The lowest BCUT2D eigenvalue weighted by molar-refractivity contribution is 0.299. The van der Waals surface area contributed by atoms with Crippen molar-refractivity contribution in [3.63, 3.8) is 0 Å². The number of para-hydroxylation sites is 1. The van der Waals surface area contributed by atoms with Crippen LogP contribution in [-0.4, -0.2) is 29.1 Å². The molecule has 0 N–H and O–H groups in total. The molecular formula is C26H20ClN3O3. The highest BCUT2D eigenvalue weighted by Gasteiger charge is 2.14. The minimum Gasteiger partial charge on any atom is -0.490 e. The summed E-state index contributed by atoms with van der Waals surface area (Å²) >= 11 is 6.41. The Balaban J connectivity index is 1.84. The molecular weight excluding hydrogens is 438 g/mol. The van der Waals surface area contributed by atoms with Gasteiger partial charge in [0, 0.05) is 5.56 Å². The van der Waals surface area contributed by atoms with Crippen LogP contribution in [-0.2, 0) is 0 Å². The average molecular weight is 458 g/mol. The van der Waals surface area contributed by atoms with Crippen LogP contribution in [0.4, 0.5) is 0 Å². The van der Waals surface area contributed by atoms with Crippen LogP contribution < -0.4 is 15.0 Å². The minimum absolute atomic E-state index is 0.0613. The Kier molecular flexibility index (Phi) is 6.72. The van der Waals surface area contributed by atoms with Gasteiger partial charge in [0.15, 0.2) is 17.3 Å². The Bertz CT molecular complexity index is 1420. The van der Waals surface area contributed by atoms with E-state index < -0.39 is 0 Å². The summed E-state index contributed by atoms with van der Waals surface area (Å²) in [5.74, 6) is 3.64. The van der Waals surface area contributed by atoms with Crippen molar-refractivity contribution < 1.29 is 9.47 Å². The topological polar surface area (TPSA) is 65.7 Å². The van der Waals surface area contributed by atoms with E-state index in [2.05, 4.69) is 11.0 Å². The maximum Gasteiger partial charge on any atom is 0.282 e. The first-order chi connectivity index (χ1) is 16.1. The Morgan fingerprint density at radius 1 is 1.12 bits per heavy atom.